The number of benzene rings is 3. The molecule has 5 nitrogen and oxygen atoms in total. The molecule has 160 valence electrons. The Morgan fingerprint density at radius 1 is 0.935 bits per heavy atom. The van der Waals surface area contributed by atoms with E-state index >= 15 is 0 Å². The molecule has 0 aliphatic carbocycles. The average molecular weight is 437 g/mol. The van der Waals surface area contributed by atoms with Crippen LogP contribution in [0.25, 0.3) is 0 Å². The Morgan fingerprint density at radius 3 is 2.19 bits per heavy atom. The first kappa shape index (κ1) is 22.4. The Labute approximate surface area is 187 Å². The molecule has 0 aliphatic rings. The Bertz CT molecular complexity index is 996. The Kier molecular flexibility index (Phi) is 8.07. The Balaban J connectivity index is 1.92. The van der Waals surface area contributed by atoms with Gasteiger partial charge in [-0.25, -0.2) is 0 Å². The third-order valence-electron chi connectivity index (χ3n) is 4.73. The lowest BCUT2D eigenvalue weighted by atomic mass is 10.0. The van der Waals surface area contributed by atoms with Crippen molar-refractivity contribution in [1.29, 1.82) is 0 Å². The molecule has 2 amide bonds. The number of hydrogen-bond donors (Lipinski definition) is 1. The molecule has 0 aromatic heterocycles. The van der Waals surface area contributed by atoms with Gasteiger partial charge in [-0.3, -0.25) is 9.59 Å². The number of ether oxygens (including phenoxy) is 1. The molecule has 31 heavy (non-hydrogen) atoms. The molecule has 3 aromatic rings. The molecular formula is C25H25ClN2O3. The average Bonchev–Trinajstić information content (AvgIpc) is 2.79. The van der Waals surface area contributed by atoms with Crippen LogP contribution in [-0.2, 0) is 16.1 Å². The van der Waals surface area contributed by atoms with Gasteiger partial charge in [-0.05, 0) is 30.2 Å². The molecule has 0 bridgehead atoms. The zero-order chi connectivity index (χ0) is 22.1. The number of carbonyl (C=O) groups excluding carboxylic acids is 2. The van der Waals surface area contributed by atoms with Crippen LogP contribution in [0.15, 0.2) is 84.9 Å². The standard InChI is InChI=1S/C25H25ClN2O3/c1-2-27-25(30)24(20-13-7-4-8-14-20)28(17-19-11-5-3-6-12-19)23(29)18-31-22-16-10-9-15-21(22)26/h3-16,24H,2,17-18H2,1H3,(H,27,30). The number of nitrogens with one attached hydrogen (secondary N) is 1. The van der Waals surface area contributed by atoms with Crippen LogP contribution in [0, 0.1) is 0 Å². The summed E-state index contributed by atoms with van der Waals surface area (Å²) in [4.78, 5) is 27.9. The zero-order valence-corrected chi connectivity index (χ0v) is 18.1. The summed E-state index contributed by atoms with van der Waals surface area (Å²) in [5.74, 6) is -0.133. The monoisotopic (exact) mass is 436 g/mol. The minimum absolute atomic E-state index is 0.237. The van der Waals surface area contributed by atoms with Gasteiger partial charge in [0, 0.05) is 13.1 Å². The number of rotatable bonds is 9. The van der Waals surface area contributed by atoms with Crippen molar-refractivity contribution in [3.8, 4) is 5.75 Å². The molecule has 0 spiro atoms. The zero-order valence-electron chi connectivity index (χ0n) is 17.3. The fourth-order valence-corrected chi connectivity index (χ4v) is 3.46. The maximum atomic E-state index is 13.3. The van der Waals surface area contributed by atoms with Gasteiger partial charge in [0.25, 0.3) is 5.91 Å². The summed E-state index contributed by atoms with van der Waals surface area (Å²) in [7, 11) is 0. The highest BCUT2D eigenvalue weighted by molar-refractivity contribution is 6.32. The highest BCUT2D eigenvalue weighted by atomic mass is 35.5. The topological polar surface area (TPSA) is 58.6 Å². The van der Waals surface area contributed by atoms with Crippen molar-refractivity contribution in [1.82, 2.24) is 10.2 Å². The van der Waals surface area contributed by atoms with Gasteiger partial charge in [-0.1, -0.05) is 84.4 Å². The van der Waals surface area contributed by atoms with Crippen LogP contribution in [0.1, 0.15) is 24.1 Å². The quantitative estimate of drug-likeness (QED) is 0.532. The molecule has 3 rings (SSSR count). The van der Waals surface area contributed by atoms with Crippen LogP contribution in [0.2, 0.25) is 5.02 Å². The highest BCUT2D eigenvalue weighted by Gasteiger charge is 2.31. The molecule has 0 fully saturated rings. The van der Waals surface area contributed by atoms with Crippen LogP contribution in [0.3, 0.4) is 0 Å². The summed E-state index contributed by atoms with van der Waals surface area (Å²) < 4.78 is 5.69. The predicted octanol–water partition coefficient (Wildman–Crippen LogP) is 4.63. The summed E-state index contributed by atoms with van der Waals surface area (Å²) in [5.41, 5.74) is 1.65. The summed E-state index contributed by atoms with van der Waals surface area (Å²) >= 11 is 6.15. The van der Waals surface area contributed by atoms with E-state index in [0.717, 1.165) is 11.1 Å². The lowest BCUT2D eigenvalue weighted by Crippen LogP contribution is -2.45. The van der Waals surface area contributed by atoms with Crippen LogP contribution in [0.5, 0.6) is 5.75 Å². The second-order valence-electron chi connectivity index (χ2n) is 6.93. The van der Waals surface area contributed by atoms with Crippen molar-refractivity contribution in [2.45, 2.75) is 19.5 Å². The van der Waals surface area contributed by atoms with E-state index in [1.165, 1.54) is 0 Å². The minimum atomic E-state index is -0.788. The van der Waals surface area contributed by atoms with Crippen LogP contribution >= 0.6 is 11.6 Å². The number of hydrogen-bond acceptors (Lipinski definition) is 3. The van der Waals surface area contributed by atoms with E-state index < -0.39 is 6.04 Å². The van der Waals surface area contributed by atoms with Gasteiger partial charge in [0.05, 0.1) is 5.02 Å². The maximum absolute atomic E-state index is 13.3. The molecule has 3 aromatic carbocycles. The highest BCUT2D eigenvalue weighted by Crippen LogP contribution is 2.26. The van der Waals surface area contributed by atoms with Crippen molar-refractivity contribution in [2.24, 2.45) is 0 Å². The van der Waals surface area contributed by atoms with E-state index in [9.17, 15) is 9.59 Å². The number of carbonyl (C=O) groups is 2. The fraction of sp³-hybridized carbons (Fsp3) is 0.200. The van der Waals surface area contributed by atoms with Crippen LogP contribution in [-0.4, -0.2) is 29.9 Å². The molecular weight excluding hydrogens is 412 g/mol. The van der Waals surface area contributed by atoms with Crippen LogP contribution < -0.4 is 10.1 Å². The minimum Gasteiger partial charge on any atom is -0.482 e. The lowest BCUT2D eigenvalue weighted by Gasteiger charge is -2.31. The third-order valence-corrected chi connectivity index (χ3v) is 5.04. The summed E-state index contributed by atoms with van der Waals surface area (Å²) in [6.07, 6.45) is 0. The molecule has 1 unspecified atom stereocenters. The van der Waals surface area contributed by atoms with Gasteiger partial charge in [-0.2, -0.15) is 0 Å². The molecule has 6 heteroatoms. The van der Waals surface area contributed by atoms with E-state index in [2.05, 4.69) is 5.32 Å². The summed E-state index contributed by atoms with van der Waals surface area (Å²) in [6, 6.07) is 25.0. The molecule has 0 radical (unpaired) electrons. The van der Waals surface area contributed by atoms with Gasteiger partial charge in [0.15, 0.2) is 6.61 Å². The number of nitrogens with zero attached hydrogens (tertiary/aromatic N) is 1. The first-order chi connectivity index (χ1) is 15.1. The molecule has 1 atom stereocenters. The van der Waals surface area contributed by atoms with Crippen molar-refractivity contribution in [3.63, 3.8) is 0 Å². The Hall–Kier alpha value is -3.31. The van der Waals surface area contributed by atoms with E-state index in [1.807, 2.05) is 67.6 Å². The molecule has 0 saturated heterocycles. The summed E-state index contributed by atoms with van der Waals surface area (Å²) in [6.45, 7) is 2.34. The summed E-state index contributed by atoms with van der Waals surface area (Å²) in [5, 5.41) is 3.28. The maximum Gasteiger partial charge on any atom is 0.261 e. The molecule has 0 saturated carbocycles. The van der Waals surface area contributed by atoms with Crippen molar-refractivity contribution in [2.75, 3.05) is 13.2 Å². The largest absolute Gasteiger partial charge is 0.482 e. The second-order valence-corrected chi connectivity index (χ2v) is 7.34. The molecule has 1 N–H and O–H groups in total. The van der Waals surface area contributed by atoms with E-state index in [4.69, 9.17) is 16.3 Å². The normalized spacial score (nSPS) is 11.4. The first-order valence-corrected chi connectivity index (χ1v) is 10.5. The molecule has 0 heterocycles. The third kappa shape index (κ3) is 6.09. The lowest BCUT2D eigenvalue weighted by molar-refractivity contribution is -0.143. The fourth-order valence-electron chi connectivity index (χ4n) is 3.27. The predicted molar refractivity (Wildman–Crippen MR) is 122 cm³/mol. The Morgan fingerprint density at radius 2 is 1.55 bits per heavy atom. The van der Waals surface area contributed by atoms with Gasteiger partial charge < -0.3 is 15.0 Å². The second kappa shape index (κ2) is 11.2. The van der Waals surface area contributed by atoms with Gasteiger partial charge in [0.2, 0.25) is 5.91 Å². The SMILES string of the molecule is CCNC(=O)C(c1ccccc1)N(Cc1ccccc1)C(=O)COc1ccccc1Cl. The van der Waals surface area contributed by atoms with Gasteiger partial charge in [0.1, 0.15) is 11.8 Å². The van der Waals surface area contributed by atoms with Crippen molar-refractivity contribution in [3.05, 3.63) is 101 Å². The van der Waals surface area contributed by atoms with E-state index in [1.54, 1.807) is 29.2 Å². The smallest absolute Gasteiger partial charge is 0.261 e. The number of para-hydroxylation sites is 1. The van der Waals surface area contributed by atoms with Crippen LogP contribution in [0.4, 0.5) is 0 Å². The van der Waals surface area contributed by atoms with Crippen molar-refractivity contribution < 1.29 is 14.3 Å². The van der Waals surface area contributed by atoms with Crippen molar-refractivity contribution >= 4 is 23.4 Å². The van der Waals surface area contributed by atoms with Gasteiger partial charge >= 0.3 is 0 Å². The van der Waals surface area contributed by atoms with Gasteiger partial charge in [-0.15, -0.1) is 0 Å². The van der Waals surface area contributed by atoms with E-state index in [-0.39, 0.29) is 25.0 Å². The number of halogens is 1. The van der Waals surface area contributed by atoms with E-state index in [0.29, 0.717) is 17.3 Å². The number of amides is 2. The first-order valence-electron chi connectivity index (χ1n) is 10.1. The number of likely N-dealkylation sites (N-methyl/N-ethyl adjacent to an activating group) is 1. The molecule has 0 aliphatic heterocycles.